The minimum atomic E-state index is -1.07. The van der Waals surface area contributed by atoms with Crippen molar-refractivity contribution in [2.45, 2.75) is 45.1 Å². The summed E-state index contributed by atoms with van der Waals surface area (Å²) in [5.74, 6) is 1.04. The molecule has 0 N–H and O–H groups in total. The molecule has 5 rings (SSSR count). The van der Waals surface area contributed by atoms with Gasteiger partial charge in [0.15, 0.2) is 5.60 Å². The van der Waals surface area contributed by atoms with Crippen LogP contribution >= 0.6 is 11.6 Å². The van der Waals surface area contributed by atoms with E-state index < -0.39 is 5.60 Å². The van der Waals surface area contributed by atoms with E-state index in [1.54, 1.807) is 6.07 Å². The first-order chi connectivity index (χ1) is 16.1. The third kappa shape index (κ3) is 3.57. The van der Waals surface area contributed by atoms with Crippen LogP contribution in [0.25, 0.3) is 0 Å². The second-order valence-corrected chi connectivity index (χ2v) is 9.17. The fourth-order valence-electron chi connectivity index (χ4n) is 4.90. The highest BCUT2D eigenvalue weighted by molar-refractivity contribution is 6.30. The quantitative estimate of drug-likeness (QED) is 0.345. The molecule has 1 unspecified atom stereocenters. The van der Waals surface area contributed by atoms with Gasteiger partial charge in [0.05, 0.1) is 5.56 Å². The van der Waals surface area contributed by atoms with Crippen molar-refractivity contribution >= 4 is 23.3 Å². The lowest BCUT2D eigenvalue weighted by Crippen LogP contribution is -2.33. The molecule has 0 saturated carbocycles. The molecule has 1 spiro atoms. The third-order valence-corrected chi connectivity index (χ3v) is 6.82. The van der Waals surface area contributed by atoms with E-state index in [-0.39, 0.29) is 5.97 Å². The van der Waals surface area contributed by atoms with Gasteiger partial charge in [-0.05, 0) is 49.2 Å². The molecule has 0 aliphatic carbocycles. The summed E-state index contributed by atoms with van der Waals surface area (Å²) in [6, 6.07) is 19.4. The number of ether oxygens (including phenoxy) is 2. The molecular formula is C28H28ClNO3. The second-order valence-electron chi connectivity index (χ2n) is 8.73. The van der Waals surface area contributed by atoms with Gasteiger partial charge in [-0.25, -0.2) is 4.79 Å². The van der Waals surface area contributed by atoms with E-state index >= 15 is 0 Å². The largest absolute Gasteiger partial charge is 0.456 e. The Labute approximate surface area is 200 Å². The van der Waals surface area contributed by atoms with E-state index in [1.807, 2.05) is 36.4 Å². The normalized spacial score (nSPS) is 17.7. The summed E-state index contributed by atoms with van der Waals surface area (Å²) in [7, 11) is 0. The van der Waals surface area contributed by atoms with Crippen LogP contribution in [0.4, 0.5) is 5.69 Å². The van der Waals surface area contributed by atoms with Gasteiger partial charge in [0.1, 0.15) is 11.5 Å². The highest BCUT2D eigenvalue weighted by atomic mass is 35.5. The maximum Gasteiger partial charge on any atom is 0.340 e. The van der Waals surface area contributed by atoms with Gasteiger partial charge in [0, 0.05) is 46.6 Å². The summed E-state index contributed by atoms with van der Waals surface area (Å²) in [6.45, 7) is 6.44. The Morgan fingerprint density at radius 2 is 1.61 bits per heavy atom. The second kappa shape index (κ2) is 8.75. The van der Waals surface area contributed by atoms with Crippen LogP contribution in [-0.4, -0.2) is 19.1 Å². The van der Waals surface area contributed by atoms with Crippen LogP contribution in [0.5, 0.6) is 11.5 Å². The minimum Gasteiger partial charge on any atom is -0.456 e. The zero-order valence-corrected chi connectivity index (χ0v) is 19.8. The molecule has 3 aromatic carbocycles. The standard InChI is InChI=1S/C28H28ClNO3/c1-3-5-15-30(16-6-4-2)20-12-13-23-26(18-20)32-25-14-11-19(29)17-24(25)28(23)22-10-8-7-9-21(22)27(31)33-28/h7-14,17-18H,3-6,15-16H2,1-2H3. The van der Waals surface area contributed by atoms with Crippen LogP contribution in [0.3, 0.4) is 0 Å². The van der Waals surface area contributed by atoms with Crippen molar-refractivity contribution in [2.24, 2.45) is 0 Å². The number of benzene rings is 3. The van der Waals surface area contributed by atoms with Gasteiger partial charge in [0.25, 0.3) is 0 Å². The van der Waals surface area contributed by atoms with E-state index in [1.165, 1.54) is 0 Å². The van der Waals surface area contributed by atoms with E-state index in [0.29, 0.717) is 22.1 Å². The first kappa shape index (κ1) is 21.8. The summed E-state index contributed by atoms with van der Waals surface area (Å²) >= 11 is 6.39. The summed E-state index contributed by atoms with van der Waals surface area (Å²) < 4.78 is 12.6. The van der Waals surface area contributed by atoms with E-state index in [0.717, 1.165) is 61.2 Å². The third-order valence-electron chi connectivity index (χ3n) is 6.59. The highest BCUT2D eigenvalue weighted by Crippen LogP contribution is 2.56. The Bertz CT molecular complexity index is 1200. The zero-order valence-electron chi connectivity index (χ0n) is 19.1. The minimum absolute atomic E-state index is 0.332. The van der Waals surface area contributed by atoms with Gasteiger partial charge in [0.2, 0.25) is 0 Å². The van der Waals surface area contributed by atoms with Gasteiger partial charge in [-0.1, -0.05) is 56.5 Å². The fourth-order valence-corrected chi connectivity index (χ4v) is 5.07. The monoisotopic (exact) mass is 461 g/mol. The molecular weight excluding hydrogens is 434 g/mol. The SMILES string of the molecule is CCCCN(CCCC)c1ccc2c(c1)Oc1ccc(Cl)cc1C21OC(=O)c2ccccc21. The fraction of sp³-hybridized carbons (Fsp3) is 0.321. The summed E-state index contributed by atoms with van der Waals surface area (Å²) in [6.07, 6.45) is 4.57. The number of carbonyl (C=O) groups is 1. The Kier molecular flexibility index (Phi) is 5.79. The smallest absolute Gasteiger partial charge is 0.340 e. The molecule has 0 aromatic heterocycles. The van der Waals surface area contributed by atoms with Gasteiger partial charge in [-0.15, -0.1) is 0 Å². The predicted molar refractivity (Wildman–Crippen MR) is 132 cm³/mol. The molecule has 0 fully saturated rings. The van der Waals surface area contributed by atoms with Crippen molar-refractivity contribution in [1.29, 1.82) is 0 Å². The Morgan fingerprint density at radius 1 is 0.848 bits per heavy atom. The van der Waals surface area contributed by atoms with Crippen molar-refractivity contribution in [1.82, 2.24) is 0 Å². The number of halogens is 1. The van der Waals surface area contributed by atoms with Crippen LogP contribution in [0.1, 0.15) is 66.6 Å². The molecule has 1 atom stereocenters. The number of unbranched alkanes of at least 4 members (excludes halogenated alkanes) is 2. The van der Waals surface area contributed by atoms with Gasteiger partial charge in [-0.2, -0.15) is 0 Å². The number of hydrogen-bond donors (Lipinski definition) is 0. The van der Waals surface area contributed by atoms with E-state index in [4.69, 9.17) is 21.1 Å². The van der Waals surface area contributed by atoms with E-state index in [2.05, 4.69) is 36.9 Å². The maximum atomic E-state index is 13.0. The van der Waals surface area contributed by atoms with Crippen molar-refractivity contribution in [3.63, 3.8) is 0 Å². The number of anilines is 1. The number of nitrogens with zero attached hydrogens (tertiary/aromatic N) is 1. The molecule has 170 valence electrons. The van der Waals surface area contributed by atoms with Crippen LogP contribution in [0.2, 0.25) is 5.02 Å². The molecule has 3 aromatic rings. The summed E-state index contributed by atoms with van der Waals surface area (Å²) in [5.41, 5.74) is 3.03. The lowest BCUT2D eigenvalue weighted by Gasteiger charge is -2.37. The van der Waals surface area contributed by atoms with Crippen molar-refractivity contribution in [2.75, 3.05) is 18.0 Å². The number of hydrogen-bond acceptors (Lipinski definition) is 4. The molecule has 0 amide bonds. The average Bonchev–Trinajstić information content (AvgIpc) is 3.13. The maximum absolute atomic E-state index is 13.0. The van der Waals surface area contributed by atoms with Crippen molar-refractivity contribution in [3.8, 4) is 11.5 Å². The van der Waals surface area contributed by atoms with Gasteiger partial charge in [-0.3, -0.25) is 0 Å². The topological polar surface area (TPSA) is 38.8 Å². The molecule has 2 heterocycles. The molecule has 5 heteroatoms. The molecule has 2 aliphatic heterocycles. The first-order valence-corrected chi connectivity index (χ1v) is 12.2. The first-order valence-electron chi connectivity index (χ1n) is 11.8. The molecule has 4 nitrogen and oxygen atoms in total. The van der Waals surface area contributed by atoms with Crippen molar-refractivity contribution in [3.05, 3.63) is 87.9 Å². The van der Waals surface area contributed by atoms with E-state index in [9.17, 15) is 4.79 Å². The predicted octanol–water partition coefficient (Wildman–Crippen LogP) is 7.31. The number of esters is 1. The lowest BCUT2D eigenvalue weighted by atomic mass is 9.77. The molecule has 0 bridgehead atoms. The van der Waals surface area contributed by atoms with Gasteiger partial charge >= 0.3 is 5.97 Å². The molecule has 2 aliphatic rings. The molecule has 0 saturated heterocycles. The summed E-state index contributed by atoms with van der Waals surface area (Å²) in [4.78, 5) is 15.4. The molecule has 0 radical (unpaired) electrons. The van der Waals surface area contributed by atoms with Crippen LogP contribution < -0.4 is 9.64 Å². The molecule has 33 heavy (non-hydrogen) atoms. The van der Waals surface area contributed by atoms with Crippen molar-refractivity contribution < 1.29 is 14.3 Å². The van der Waals surface area contributed by atoms with Gasteiger partial charge < -0.3 is 14.4 Å². The van der Waals surface area contributed by atoms with Crippen LogP contribution in [0.15, 0.2) is 60.7 Å². The Balaban J connectivity index is 1.68. The van der Waals surface area contributed by atoms with Crippen LogP contribution in [-0.2, 0) is 10.3 Å². The summed E-state index contributed by atoms with van der Waals surface area (Å²) in [5, 5.41) is 0.572. The average molecular weight is 462 g/mol. The zero-order chi connectivity index (χ0) is 23.0. The highest BCUT2D eigenvalue weighted by Gasteiger charge is 2.53. The number of fused-ring (bicyclic) bond motifs is 6. The Morgan fingerprint density at radius 3 is 2.36 bits per heavy atom. The number of rotatable bonds is 7. The van der Waals surface area contributed by atoms with Crippen LogP contribution in [0, 0.1) is 0 Å². The Hall–Kier alpha value is -2.98. The number of carbonyl (C=O) groups excluding carboxylic acids is 1. The lowest BCUT2D eigenvalue weighted by molar-refractivity contribution is 0.0224.